The minimum atomic E-state index is -4.42. The van der Waals surface area contributed by atoms with Gasteiger partial charge in [-0.2, -0.15) is 18.4 Å². The predicted octanol–water partition coefficient (Wildman–Crippen LogP) is 3.12. The molecule has 1 aliphatic rings. The Kier molecular flexibility index (Phi) is 2.58. The van der Waals surface area contributed by atoms with E-state index in [-0.39, 0.29) is 5.92 Å². The fourth-order valence-corrected chi connectivity index (χ4v) is 1.64. The highest BCUT2D eigenvalue weighted by atomic mass is 19.4. The topological polar surface area (TPSA) is 36.7 Å². The maximum Gasteiger partial charge on any atom is 0.433 e. The first kappa shape index (κ1) is 10.9. The first-order valence-electron chi connectivity index (χ1n) is 4.95. The van der Waals surface area contributed by atoms with Gasteiger partial charge in [-0.05, 0) is 30.4 Å². The van der Waals surface area contributed by atoms with Gasteiger partial charge in [0.2, 0.25) is 0 Å². The molecule has 1 aromatic rings. The van der Waals surface area contributed by atoms with E-state index in [0.29, 0.717) is 11.5 Å². The zero-order valence-corrected chi connectivity index (χ0v) is 8.33. The van der Waals surface area contributed by atoms with E-state index in [2.05, 4.69) is 11.1 Å². The molecule has 0 radical (unpaired) electrons. The second kappa shape index (κ2) is 3.78. The smallest absolute Gasteiger partial charge is 0.251 e. The number of rotatable bonds is 2. The van der Waals surface area contributed by atoms with Crippen LogP contribution in [0.25, 0.3) is 0 Å². The highest BCUT2D eigenvalue weighted by Gasteiger charge is 2.35. The van der Waals surface area contributed by atoms with Crippen LogP contribution in [0.1, 0.15) is 30.0 Å². The van der Waals surface area contributed by atoms with E-state index in [4.69, 9.17) is 5.26 Å². The van der Waals surface area contributed by atoms with Gasteiger partial charge in [0.25, 0.3) is 0 Å². The number of hydrogen-bond acceptors (Lipinski definition) is 2. The average molecular weight is 226 g/mol. The molecule has 0 bridgehead atoms. The van der Waals surface area contributed by atoms with Gasteiger partial charge in [-0.3, -0.25) is 4.98 Å². The lowest BCUT2D eigenvalue weighted by atomic mass is 9.97. The Labute approximate surface area is 90.7 Å². The van der Waals surface area contributed by atoms with E-state index in [0.717, 1.165) is 25.1 Å². The van der Waals surface area contributed by atoms with Crippen LogP contribution in [0.2, 0.25) is 0 Å². The fourth-order valence-electron chi connectivity index (χ4n) is 1.64. The van der Waals surface area contributed by atoms with E-state index < -0.39 is 11.9 Å². The molecule has 1 aliphatic carbocycles. The first-order chi connectivity index (χ1) is 7.52. The third-order valence-electron chi connectivity index (χ3n) is 2.67. The second-order valence-corrected chi connectivity index (χ2v) is 3.92. The summed E-state index contributed by atoms with van der Waals surface area (Å²) in [5.74, 6) is -0.0154. The van der Waals surface area contributed by atoms with Crippen molar-refractivity contribution in [2.24, 2.45) is 5.92 Å². The van der Waals surface area contributed by atoms with Gasteiger partial charge in [0.15, 0.2) is 0 Å². The highest BCUT2D eigenvalue weighted by molar-refractivity contribution is 5.26. The van der Waals surface area contributed by atoms with Crippen LogP contribution < -0.4 is 0 Å². The molecule has 1 aromatic heterocycles. The molecule has 1 atom stereocenters. The number of nitrogens with zero attached hydrogens (tertiary/aromatic N) is 2. The SMILES string of the molecule is N#CC(c1ccc(C(F)(F)F)nc1)C1CC1. The zero-order valence-electron chi connectivity index (χ0n) is 8.33. The van der Waals surface area contributed by atoms with Crippen LogP contribution in [0.5, 0.6) is 0 Å². The van der Waals surface area contributed by atoms with Gasteiger partial charge in [0, 0.05) is 6.20 Å². The summed E-state index contributed by atoms with van der Waals surface area (Å²) >= 11 is 0. The first-order valence-corrected chi connectivity index (χ1v) is 4.95. The lowest BCUT2D eigenvalue weighted by molar-refractivity contribution is -0.141. The lowest BCUT2D eigenvalue weighted by Gasteiger charge is -2.09. The van der Waals surface area contributed by atoms with E-state index in [1.54, 1.807) is 0 Å². The zero-order chi connectivity index (χ0) is 11.8. The summed E-state index contributed by atoms with van der Waals surface area (Å²) in [4.78, 5) is 3.35. The molecular formula is C11H9F3N2. The fraction of sp³-hybridized carbons (Fsp3) is 0.455. The maximum absolute atomic E-state index is 12.2. The summed E-state index contributed by atoms with van der Waals surface area (Å²) in [7, 11) is 0. The van der Waals surface area contributed by atoms with E-state index in [1.165, 1.54) is 6.07 Å². The van der Waals surface area contributed by atoms with Crippen LogP contribution in [-0.4, -0.2) is 4.98 Å². The molecule has 0 aromatic carbocycles. The van der Waals surface area contributed by atoms with Crippen molar-refractivity contribution in [2.75, 3.05) is 0 Å². The largest absolute Gasteiger partial charge is 0.433 e. The molecule has 1 fully saturated rings. The molecule has 1 unspecified atom stereocenters. The van der Waals surface area contributed by atoms with Gasteiger partial charge >= 0.3 is 6.18 Å². The van der Waals surface area contributed by atoms with Crippen molar-refractivity contribution in [1.29, 1.82) is 5.26 Å². The average Bonchev–Trinajstić information content (AvgIpc) is 3.03. The Morgan fingerprint density at radius 3 is 2.44 bits per heavy atom. The molecule has 1 saturated carbocycles. The highest BCUT2D eigenvalue weighted by Crippen LogP contribution is 2.42. The van der Waals surface area contributed by atoms with Crippen molar-refractivity contribution in [3.05, 3.63) is 29.6 Å². The van der Waals surface area contributed by atoms with Crippen LogP contribution in [0.15, 0.2) is 18.3 Å². The number of hydrogen-bond donors (Lipinski definition) is 0. The van der Waals surface area contributed by atoms with Crippen molar-refractivity contribution >= 4 is 0 Å². The van der Waals surface area contributed by atoms with Gasteiger partial charge in [-0.1, -0.05) is 6.07 Å². The standard InChI is InChI=1S/C11H9F3N2/c12-11(13,14)10-4-3-8(6-16-10)9(5-15)7-1-2-7/h3-4,6-7,9H,1-2H2. The third kappa shape index (κ3) is 2.16. The molecular weight excluding hydrogens is 217 g/mol. The molecule has 2 rings (SSSR count). The molecule has 1 heterocycles. The number of nitriles is 1. The summed E-state index contributed by atoms with van der Waals surface area (Å²) in [6, 6.07) is 4.40. The van der Waals surface area contributed by atoms with Gasteiger partial charge in [0.1, 0.15) is 5.69 Å². The van der Waals surface area contributed by atoms with Crippen molar-refractivity contribution in [3.8, 4) is 6.07 Å². The van der Waals surface area contributed by atoms with Gasteiger partial charge < -0.3 is 0 Å². The summed E-state index contributed by atoms with van der Waals surface area (Å²) < 4.78 is 36.7. The number of alkyl halides is 3. The number of aromatic nitrogens is 1. The van der Waals surface area contributed by atoms with Crippen molar-refractivity contribution in [2.45, 2.75) is 24.9 Å². The minimum Gasteiger partial charge on any atom is -0.251 e. The Hall–Kier alpha value is -1.57. The Morgan fingerprint density at radius 1 is 1.38 bits per heavy atom. The van der Waals surface area contributed by atoms with E-state index in [1.807, 2.05) is 0 Å². The molecule has 5 heteroatoms. The van der Waals surface area contributed by atoms with Crippen LogP contribution >= 0.6 is 0 Å². The Bertz CT molecular complexity index is 412. The molecule has 2 nitrogen and oxygen atoms in total. The number of pyridine rings is 1. The molecule has 16 heavy (non-hydrogen) atoms. The van der Waals surface area contributed by atoms with E-state index in [9.17, 15) is 13.2 Å². The molecule has 84 valence electrons. The molecule has 0 spiro atoms. The van der Waals surface area contributed by atoms with Crippen LogP contribution in [0, 0.1) is 17.2 Å². The number of halogens is 3. The molecule has 0 amide bonds. The van der Waals surface area contributed by atoms with Crippen LogP contribution in [-0.2, 0) is 6.18 Å². The van der Waals surface area contributed by atoms with Gasteiger partial charge in [-0.25, -0.2) is 0 Å². The van der Waals surface area contributed by atoms with Crippen molar-refractivity contribution < 1.29 is 13.2 Å². The van der Waals surface area contributed by atoms with Crippen LogP contribution in [0.3, 0.4) is 0 Å². The predicted molar refractivity (Wildman–Crippen MR) is 50.3 cm³/mol. The Morgan fingerprint density at radius 2 is 2.06 bits per heavy atom. The third-order valence-corrected chi connectivity index (χ3v) is 2.67. The monoisotopic (exact) mass is 226 g/mol. The lowest BCUT2D eigenvalue weighted by Crippen LogP contribution is -2.08. The van der Waals surface area contributed by atoms with Crippen LogP contribution in [0.4, 0.5) is 13.2 Å². The molecule has 0 N–H and O–H groups in total. The quantitative estimate of drug-likeness (QED) is 0.776. The molecule has 0 saturated heterocycles. The van der Waals surface area contributed by atoms with Gasteiger partial charge in [-0.15, -0.1) is 0 Å². The summed E-state index contributed by atoms with van der Waals surface area (Å²) in [5, 5.41) is 8.92. The normalized spacial score (nSPS) is 17.9. The summed E-state index contributed by atoms with van der Waals surface area (Å²) in [6.07, 6.45) is -1.31. The summed E-state index contributed by atoms with van der Waals surface area (Å²) in [5.41, 5.74) is -0.332. The van der Waals surface area contributed by atoms with E-state index >= 15 is 0 Å². The van der Waals surface area contributed by atoms with Crippen molar-refractivity contribution in [1.82, 2.24) is 4.98 Å². The maximum atomic E-state index is 12.2. The minimum absolute atomic E-state index is 0.295. The second-order valence-electron chi connectivity index (χ2n) is 3.92. The Balaban J connectivity index is 2.22. The van der Waals surface area contributed by atoms with Crippen molar-refractivity contribution in [3.63, 3.8) is 0 Å². The molecule has 0 aliphatic heterocycles. The van der Waals surface area contributed by atoms with Gasteiger partial charge in [0.05, 0.1) is 12.0 Å². The summed E-state index contributed by atoms with van der Waals surface area (Å²) in [6.45, 7) is 0.